The molecule has 1 heterocycles. The summed E-state index contributed by atoms with van der Waals surface area (Å²) < 4.78 is 0. The summed E-state index contributed by atoms with van der Waals surface area (Å²) in [7, 11) is 0. The number of urea groups is 1. The number of carbonyl (C=O) groups is 2. The highest BCUT2D eigenvalue weighted by molar-refractivity contribution is 7.99. The zero-order chi connectivity index (χ0) is 13.0. The maximum Gasteiger partial charge on any atom is 0.317 e. The maximum atomic E-state index is 11.8. The number of likely N-dealkylation sites (tertiary alicyclic amines) is 1. The number of hydrogen-bond donors (Lipinski definition) is 2. The van der Waals surface area contributed by atoms with Gasteiger partial charge in [0.15, 0.2) is 0 Å². The van der Waals surface area contributed by atoms with Crippen LogP contribution in [-0.2, 0) is 4.79 Å². The van der Waals surface area contributed by atoms with Gasteiger partial charge in [-0.25, -0.2) is 4.79 Å². The van der Waals surface area contributed by atoms with E-state index in [9.17, 15) is 9.59 Å². The second-order valence-electron chi connectivity index (χ2n) is 4.56. The first-order valence-corrected chi connectivity index (χ1v) is 7.02. The van der Waals surface area contributed by atoms with Gasteiger partial charge in [0.05, 0.1) is 5.92 Å². The number of carbonyl (C=O) groups excluding carboxylic acids is 1. The molecule has 2 amide bonds. The molecule has 2 N–H and O–H groups in total. The van der Waals surface area contributed by atoms with E-state index in [2.05, 4.69) is 5.32 Å². The molecule has 0 aromatic rings. The lowest BCUT2D eigenvalue weighted by atomic mass is 9.99. The monoisotopic (exact) mass is 260 g/mol. The average molecular weight is 260 g/mol. The Labute approximate surface area is 106 Å². The van der Waals surface area contributed by atoms with Crippen LogP contribution in [0.25, 0.3) is 0 Å². The molecule has 6 heteroatoms. The van der Waals surface area contributed by atoms with Gasteiger partial charge in [-0.3, -0.25) is 4.79 Å². The van der Waals surface area contributed by atoms with E-state index in [1.165, 1.54) is 0 Å². The van der Waals surface area contributed by atoms with Crippen LogP contribution in [0, 0.1) is 11.8 Å². The molecular formula is C11H20N2O3S. The highest BCUT2D eigenvalue weighted by Crippen LogP contribution is 2.22. The Kier molecular flexibility index (Phi) is 5.11. The number of hydrogen-bond acceptors (Lipinski definition) is 3. The van der Waals surface area contributed by atoms with Crippen LogP contribution in [-0.4, -0.2) is 53.1 Å². The third-order valence-corrected chi connectivity index (χ3v) is 4.13. The van der Waals surface area contributed by atoms with Gasteiger partial charge in [-0.1, -0.05) is 13.8 Å². The molecule has 1 rings (SSSR count). The molecule has 0 saturated carbocycles. The molecule has 1 aliphatic rings. The minimum Gasteiger partial charge on any atom is -0.481 e. The Morgan fingerprint density at radius 1 is 1.53 bits per heavy atom. The number of aliphatic carboxylic acids is 1. The van der Waals surface area contributed by atoms with Crippen LogP contribution >= 0.6 is 11.8 Å². The second-order valence-corrected chi connectivity index (χ2v) is 5.84. The van der Waals surface area contributed by atoms with Gasteiger partial charge in [0, 0.05) is 24.9 Å². The molecule has 0 aliphatic carbocycles. The summed E-state index contributed by atoms with van der Waals surface area (Å²) in [5.41, 5.74) is 0. The van der Waals surface area contributed by atoms with Gasteiger partial charge in [0.25, 0.3) is 0 Å². The summed E-state index contributed by atoms with van der Waals surface area (Å²) in [5.74, 6) is -1.22. The van der Waals surface area contributed by atoms with Crippen molar-refractivity contribution in [2.45, 2.75) is 19.1 Å². The molecule has 5 nitrogen and oxygen atoms in total. The lowest BCUT2D eigenvalue weighted by Gasteiger charge is -2.18. The Hall–Kier alpha value is -0.910. The Bertz CT molecular complexity index is 298. The van der Waals surface area contributed by atoms with E-state index in [-0.39, 0.29) is 11.9 Å². The van der Waals surface area contributed by atoms with Crippen LogP contribution in [0.15, 0.2) is 0 Å². The van der Waals surface area contributed by atoms with Gasteiger partial charge in [0.2, 0.25) is 0 Å². The van der Waals surface area contributed by atoms with Crippen molar-refractivity contribution in [2.24, 2.45) is 11.8 Å². The third kappa shape index (κ3) is 3.80. The van der Waals surface area contributed by atoms with E-state index in [4.69, 9.17) is 5.11 Å². The zero-order valence-corrected chi connectivity index (χ0v) is 11.3. The van der Waals surface area contributed by atoms with Gasteiger partial charge in [-0.15, -0.1) is 0 Å². The number of nitrogens with one attached hydrogen (secondary N) is 1. The normalized spacial score (nSPS) is 25.7. The SMILES string of the molecule is CSC(C)CNC(=O)N1C[C@@H](C)[C@H](C(=O)O)C1. The van der Waals surface area contributed by atoms with E-state index in [0.29, 0.717) is 24.9 Å². The molecule has 17 heavy (non-hydrogen) atoms. The first kappa shape index (κ1) is 14.2. The predicted molar refractivity (Wildman–Crippen MR) is 68.2 cm³/mol. The maximum absolute atomic E-state index is 11.8. The number of carboxylic acid groups (broad SMARTS) is 1. The summed E-state index contributed by atoms with van der Waals surface area (Å²) in [6.45, 7) is 5.36. The topological polar surface area (TPSA) is 69.6 Å². The van der Waals surface area contributed by atoms with Gasteiger partial charge in [0.1, 0.15) is 0 Å². The molecule has 3 atom stereocenters. The molecule has 1 unspecified atom stereocenters. The van der Waals surface area contributed by atoms with E-state index in [1.54, 1.807) is 16.7 Å². The van der Waals surface area contributed by atoms with Gasteiger partial charge in [-0.05, 0) is 12.2 Å². The first-order valence-electron chi connectivity index (χ1n) is 5.74. The molecule has 98 valence electrons. The van der Waals surface area contributed by atoms with Crippen LogP contribution in [0.4, 0.5) is 4.79 Å². The Morgan fingerprint density at radius 3 is 2.65 bits per heavy atom. The lowest BCUT2D eigenvalue weighted by molar-refractivity contribution is -0.142. The van der Waals surface area contributed by atoms with E-state index >= 15 is 0 Å². The summed E-state index contributed by atoms with van der Waals surface area (Å²) in [4.78, 5) is 24.3. The van der Waals surface area contributed by atoms with Crippen LogP contribution in [0.3, 0.4) is 0 Å². The van der Waals surface area contributed by atoms with Crippen molar-refractivity contribution >= 4 is 23.8 Å². The average Bonchev–Trinajstić information content (AvgIpc) is 2.67. The minimum absolute atomic E-state index is 0.0243. The summed E-state index contributed by atoms with van der Waals surface area (Å²) >= 11 is 1.69. The van der Waals surface area contributed by atoms with E-state index in [1.807, 2.05) is 20.1 Å². The van der Waals surface area contributed by atoms with Gasteiger partial charge in [-0.2, -0.15) is 11.8 Å². The minimum atomic E-state index is -0.815. The molecule has 0 spiro atoms. The molecule has 1 fully saturated rings. The molecule has 0 aromatic carbocycles. The molecule has 1 saturated heterocycles. The number of rotatable bonds is 4. The quantitative estimate of drug-likeness (QED) is 0.794. The lowest BCUT2D eigenvalue weighted by Crippen LogP contribution is -2.41. The summed E-state index contributed by atoms with van der Waals surface area (Å²) in [6.07, 6.45) is 2.00. The smallest absolute Gasteiger partial charge is 0.317 e. The van der Waals surface area contributed by atoms with Crippen molar-refractivity contribution in [3.05, 3.63) is 0 Å². The van der Waals surface area contributed by atoms with Crippen LogP contribution in [0.5, 0.6) is 0 Å². The molecule has 0 radical (unpaired) electrons. The van der Waals surface area contributed by atoms with Crippen molar-refractivity contribution in [1.29, 1.82) is 0 Å². The van der Waals surface area contributed by atoms with Gasteiger partial charge < -0.3 is 15.3 Å². The predicted octanol–water partition coefficient (Wildman–Crippen LogP) is 1.10. The summed E-state index contributed by atoms with van der Waals surface area (Å²) in [5, 5.41) is 12.2. The van der Waals surface area contributed by atoms with Gasteiger partial charge >= 0.3 is 12.0 Å². The van der Waals surface area contributed by atoms with Crippen molar-refractivity contribution in [3.63, 3.8) is 0 Å². The molecule has 1 aliphatic heterocycles. The fourth-order valence-corrected chi connectivity index (χ4v) is 2.13. The van der Waals surface area contributed by atoms with Crippen LogP contribution in [0.2, 0.25) is 0 Å². The highest BCUT2D eigenvalue weighted by atomic mass is 32.2. The first-order chi connectivity index (χ1) is 7.95. The van der Waals surface area contributed by atoms with E-state index in [0.717, 1.165) is 0 Å². The van der Waals surface area contributed by atoms with Crippen LogP contribution < -0.4 is 5.32 Å². The van der Waals surface area contributed by atoms with Crippen molar-refractivity contribution < 1.29 is 14.7 Å². The third-order valence-electron chi connectivity index (χ3n) is 3.16. The number of amides is 2. The van der Waals surface area contributed by atoms with Crippen molar-refractivity contribution in [3.8, 4) is 0 Å². The largest absolute Gasteiger partial charge is 0.481 e. The van der Waals surface area contributed by atoms with E-state index < -0.39 is 11.9 Å². The highest BCUT2D eigenvalue weighted by Gasteiger charge is 2.36. The summed E-state index contributed by atoms with van der Waals surface area (Å²) in [6, 6.07) is -0.151. The molecular weight excluding hydrogens is 240 g/mol. The fraction of sp³-hybridized carbons (Fsp3) is 0.818. The van der Waals surface area contributed by atoms with Crippen LogP contribution in [0.1, 0.15) is 13.8 Å². The van der Waals surface area contributed by atoms with Crippen molar-refractivity contribution in [2.75, 3.05) is 25.9 Å². The fourth-order valence-electron chi connectivity index (χ4n) is 1.88. The molecule has 0 bridgehead atoms. The second kappa shape index (κ2) is 6.14. The number of nitrogens with zero attached hydrogens (tertiary/aromatic N) is 1. The molecule has 0 aromatic heterocycles. The number of carboxylic acids is 1. The zero-order valence-electron chi connectivity index (χ0n) is 10.5. The van der Waals surface area contributed by atoms with Crippen molar-refractivity contribution in [1.82, 2.24) is 10.2 Å². The number of thioether (sulfide) groups is 1. The standard InChI is InChI=1S/C11H20N2O3S/c1-7-5-13(6-9(7)10(14)15)11(16)12-4-8(2)17-3/h7-9H,4-6H2,1-3H3,(H,12,16)(H,14,15)/t7-,8?,9-/m1/s1. The Balaban J connectivity index is 2.42. The Morgan fingerprint density at radius 2 is 2.18 bits per heavy atom.